The van der Waals surface area contributed by atoms with Crippen molar-refractivity contribution in [1.82, 2.24) is 20.4 Å². The topological polar surface area (TPSA) is 52.1 Å². The Morgan fingerprint density at radius 3 is 2.44 bits per heavy atom. The number of methoxy groups -OCH3 is 1. The van der Waals surface area contributed by atoms with Crippen LogP contribution in [0.3, 0.4) is 0 Å². The number of unbranched alkanes of at least 4 members (excludes halogenated alkanes) is 1. The van der Waals surface area contributed by atoms with Crippen LogP contribution in [-0.2, 0) is 6.54 Å². The van der Waals surface area contributed by atoms with Crippen LogP contribution in [0.25, 0.3) is 0 Å². The molecule has 140 valence electrons. The molecule has 0 spiro atoms. The Kier molecular flexibility index (Phi) is 8.55. The SMILES string of the molecule is CN=C(NCCCCN1CCN(C)CC1)NCc1ccc(OC)cc1. The minimum absolute atomic E-state index is 0.755. The summed E-state index contributed by atoms with van der Waals surface area (Å²) in [6, 6.07) is 8.08. The molecule has 2 N–H and O–H groups in total. The molecule has 25 heavy (non-hydrogen) atoms. The van der Waals surface area contributed by atoms with Gasteiger partial charge >= 0.3 is 0 Å². The fourth-order valence-electron chi connectivity index (χ4n) is 2.89. The molecule has 0 atom stereocenters. The van der Waals surface area contributed by atoms with Crippen LogP contribution in [0.2, 0.25) is 0 Å². The minimum Gasteiger partial charge on any atom is -0.497 e. The summed E-state index contributed by atoms with van der Waals surface area (Å²) < 4.78 is 5.18. The Balaban J connectivity index is 1.57. The van der Waals surface area contributed by atoms with Crippen molar-refractivity contribution in [2.24, 2.45) is 4.99 Å². The lowest BCUT2D eigenvalue weighted by atomic mass is 10.2. The van der Waals surface area contributed by atoms with Crippen molar-refractivity contribution in [3.8, 4) is 5.75 Å². The lowest BCUT2D eigenvalue weighted by Crippen LogP contribution is -2.44. The summed E-state index contributed by atoms with van der Waals surface area (Å²) in [6.07, 6.45) is 2.39. The van der Waals surface area contributed by atoms with Crippen molar-refractivity contribution in [2.75, 3.05) is 60.5 Å². The molecule has 0 saturated carbocycles. The van der Waals surface area contributed by atoms with E-state index in [9.17, 15) is 0 Å². The van der Waals surface area contributed by atoms with Crippen molar-refractivity contribution >= 4 is 5.96 Å². The van der Waals surface area contributed by atoms with Gasteiger partial charge in [0.25, 0.3) is 0 Å². The zero-order valence-corrected chi connectivity index (χ0v) is 15.9. The Morgan fingerprint density at radius 1 is 1.08 bits per heavy atom. The number of guanidine groups is 1. The van der Waals surface area contributed by atoms with E-state index in [1.54, 1.807) is 7.11 Å². The highest BCUT2D eigenvalue weighted by Crippen LogP contribution is 2.10. The number of hydrogen-bond acceptors (Lipinski definition) is 4. The monoisotopic (exact) mass is 347 g/mol. The summed E-state index contributed by atoms with van der Waals surface area (Å²) in [7, 11) is 5.70. The smallest absolute Gasteiger partial charge is 0.191 e. The van der Waals surface area contributed by atoms with Gasteiger partial charge in [-0.3, -0.25) is 4.99 Å². The Hall–Kier alpha value is -1.79. The molecule has 1 fully saturated rings. The number of rotatable bonds is 8. The summed E-state index contributed by atoms with van der Waals surface area (Å²) in [6.45, 7) is 7.71. The van der Waals surface area contributed by atoms with Gasteiger partial charge in [-0.15, -0.1) is 0 Å². The zero-order chi connectivity index (χ0) is 17.9. The molecular weight excluding hydrogens is 314 g/mol. The molecule has 2 rings (SSSR count). The van der Waals surface area contributed by atoms with E-state index in [1.165, 1.54) is 44.7 Å². The molecule has 0 aliphatic carbocycles. The third kappa shape index (κ3) is 7.32. The number of likely N-dealkylation sites (N-methyl/N-ethyl adjacent to an activating group) is 1. The summed E-state index contributed by atoms with van der Waals surface area (Å²) in [5, 5.41) is 6.74. The number of hydrogen-bond donors (Lipinski definition) is 2. The maximum atomic E-state index is 5.18. The summed E-state index contributed by atoms with van der Waals surface area (Å²) in [5.74, 6) is 1.74. The predicted octanol–water partition coefficient (Wildman–Crippen LogP) is 1.39. The maximum Gasteiger partial charge on any atom is 0.191 e. The lowest BCUT2D eigenvalue weighted by molar-refractivity contribution is 0.152. The molecule has 1 aromatic carbocycles. The number of aliphatic imine (C=N–C) groups is 1. The molecule has 0 unspecified atom stereocenters. The zero-order valence-electron chi connectivity index (χ0n) is 15.9. The third-order valence-electron chi connectivity index (χ3n) is 4.63. The summed E-state index contributed by atoms with van der Waals surface area (Å²) >= 11 is 0. The van der Waals surface area contributed by atoms with Gasteiger partial charge in [0, 0.05) is 46.3 Å². The number of nitrogens with one attached hydrogen (secondary N) is 2. The van der Waals surface area contributed by atoms with E-state index in [0.717, 1.165) is 31.2 Å². The second-order valence-corrected chi connectivity index (χ2v) is 6.55. The average Bonchev–Trinajstić information content (AvgIpc) is 2.66. The van der Waals surface area contributed by atoms with Gasteiger partial charge in [-0.1, -0.05) is 12.1 Å². The highest BCUT2D eigenvalue weighted by atomic mass is 16.5. The fraction of sp³-hybridized carbons (Fsp3) is 0.632. The van der Waals surface area contributed by atoms with Gasteiger partial charge in [-0.05, 0) is 44.1 Å². The Morgan fingerprint density at radius 2 is 1.80 bits per heavy atom. The van der Waals surface area contributed by atoms with Gasteiger partial charge in [-0.2, -0.15) is 0 Å². The molecule has 6 nitrogen and oxygen atoms in total. The molecular formula is C19H33N5O. The third-order valence-corrected chi connectivity index (χ3v) is 4.63. The highest BCUT2D eigenvalue weighted by Gasteiger charge is 2.12. The number of nitrogens with zero attached hydrogens (tertiary/aromatic N) is 3. The van der Waals surface area contributed by atoms with Crippen molar-refractivity contribution in [3.63, 3.8) is 0 Å². The second-order valence-electron chi connectivity index (χ2n) is 6.55. The molecule has 6 heteroatoms. The molecule has 1 heterocycles. The first-order valence-corrected chi connectivity index (χ1v) is 9.19. The van der Waals surface area contributed by atoms with Crippen LogP contribution in [0, 0.1) is 0 Å². The van der Waals surface area contributed by atoms with Crippen LogP contribution in [0.4, 0.5) is 0 Å². The predicted molar refractivity (Wildman–Crippen MR) is 104 cm³/mol. The van der Waals surface area contributed by atoms with Gasteiger partial charge in [0.2, 0.25) is 0 Å². The van der Waals surface area contributed by atoms with Gasteiger partial charge in [0.15, 0.2) is 5.96 Å². The van der Waals surface area contributed by atoms with E-state index >= 15 is 0 Å². The second kappa shape index (κ2) is 10.9. The van der Waals surface area contributed by atoms with E-state index in [2.05, 4.69) is 44.6 Å². The standard InChI is InChI=1S/C19H33N5O/c1-20-19(22-16-17-6-8-18(25-3)9-7-17)21-10-4-5-11-24-14-12-23(2)13-15-24/h6-9H,4-5,10-16H2,1-3H3,(H2,20,21,22). The Labute approximate surface area is 152 Å². The molecule has 1 aliphatic heterocycles. The van der Waals surface area contributed by atoms with Crippen molar-refractivity contribution in [2.45, 2.75) is 19.4 Å². The first-order chi connectivity index (χ1) is 12.2. The van der Waals surface area contributed by atoms with E-state index in [-0.39, 0.29) is 0 Å². The van der Waals surface area contributed by atoms with E-state index < -0.39 is 0 Å². The quantitative estimate of drug-likeness (QED) is 0.423. The van der Waals surface area contributed by atoms with E-state index in [1.807, 2.05) is 19.2 Å². The van der Waals surface area contributed by atoms with Crippen LogP contribution >= 0.6 is 0 Å². The van der Waals surface area contributed by atoms with Gasteiger partial charge in [0.1, 0.15) is 5.75 Å². The van der Waals surface area contributed by atoms with Crippen LogP contribution in [-0.4, -0.2) is 76.2 Å². The normalized spacial score (nSPS) is 16.7. The van der Waals surface area contributed by atoms with Crippen molar-refractivity contribution in [1.29, 1.82) is 0 Å². The van der Waals surface area contributed by atoms with Gasteiger partial charge < -0.3 is 25.2 Å². The minimum atomic E-state index is 0.755. The maximum absolute atomic E-state index is 5.18. The molecule has 0 bridgehead atoms. The first kappa shape index (κ1) is 19.5. The molecule has 0 radical (unpaired) electrons. The summed E-state index contributed by atoms with van der Waals surface area (Å²) in [5.41, 5.74) is 1.21. The number of benzene rings is 1. The molecule has 0 amide bonds. The lowest BCUT2D eigenvalue weighted by Gasteiger charge is -2.32. The van der Waals surface area contributed by atoms with Crippen LogP contribution in [0.1, 0.15) is 18.4 Å². The van der Waals surface area contributed by atoms with Crippen LogP contribution < -0.4 is 15.4 Å². The average molecular weight is 348 g/mol. The van der Waals surface area contributed by atoms with Crippen molar-refractivity contribution < 1.29 is 4.74 Å². The van der Waals surface area contributed by atoms with Crippen molar-refractivity contribution in [3.05, 3.63) is 29.8 Å². The first-order valence-electron chi connectivity index (χ1n) is 9.19. The van der Waals surface area contributed by atoms with Crippen LogP contribution in [0.5, 0.6) is 5.75 Å². The highest BCUT2D eigenvalue weighted by molar-refractivity contribution is 5.79. The fourth-order valence-corrected chi connectivity index (χ4v) is 2.89. The molecule has 1 aromatic rings. The molecule has 0 aromatic heterocycles. The van der Waals surface area contributed by atoms with E-state index in [0.29, 0.717) is 0 Å². The number of piperazine rings is 1. The summed E-state index contributed by atoms with van der Waals surface area (Å²) in [4.78, 5) is 9.25. The largest absolute Gasteiger partial charge is 0.497 e. The van der Waals surface area contributed by atoms with Gasteiger partial charge in [0.05, 0.1) is 7.11 Å². The van der Waals surface area contributed by atoms with Gasteiger partial charge in [-0.25, -0.2) is 0 Å². The molecule has 1 saturated heterocycles. The van der Waals surface area contributed by atoms with Crippen LogP contribution in [0.15, 0.2) is 29.3 Å². The number of ether oxygens (including phenoxy) is 1. The Bertz CT molecular complexity index is 509. The van der Waals surface area contributed by atoms with E-state index in [4.69, 9.17) is 4.74 Å². The molecule has 1 aliphatic rings.